The van der Waals surface area contributed by atoms with Crippen LogP contribution in [0, 0.1) is 13.8 Å². The van der Waals surface area contributed by atoms with E-state index < -0.39 is 0 Å². The molecule has 8 heteroatoms. The fraction of sp³-hybridized carbons (Fsp3) is 0.409. The van der Waals surface area contributed by atoms with Gasteiger partial charge in [-0.25, -0.2) is 0 Å². The number of aromatic nitrogens is 7. The van der Waals surface area contributed by atoms with E-state index in [1.165, 1.54) is 30.5 Å². The molecule has 4 aromatic heterocycles. The summed E-state index contributed by atoms with van der Waals surface area (Å²) in [4.78, 5) is 7.12. The maximum Gasteiger partial charge on any atom is 0.180 e. The first-order valence-electron chi connectivity index (χ1n) is 10.6. The lowest BCUT2D eigenvalue weighted by Gasteiger charge is -2.30. The van der Waals surface area contributed by atoms with Crippen LogP contribution in [0.4, 0.5) is 5.82 Å². The molecule has 0 aromatic carbocycles. The number of hydrogen-bond donors (Lipinski definition) is 0. The Hall–Kier alpha value is -3.29. The van der Waals surface area contributed by atoms with Gasteiger partial charge in [0.15, 0.2) is 11.5 Å². The molecule has 1 fully saturated rings. The van der Waals surface area contributed by atoms with Crippen LogP contribution in [0.15, 0.2) is 31.0 Å². The maximum absolute atomic E-state index is 4.80. The molecule has 4 aromatic rings. The molecule has 6 rings (SSSR count). The minimum absolute atomic E-state index is 0.574. The fourth-order valence-corrected chi connectivity index (χ4v) is 4.47. The van der Waals surface area contributed by atoms with Gasteiger partial charge in [-0.05, 0) is 44.7 Å². The predicted molar refractivity (Wildman–Crippen MR) is 113 cm³/mol. The summed E-state index contributed by atoms with van der Waals surface area (Å²) in [5, 5.41) is 17.6. The molecule has 1 aliphatic carbocycles. The molecule has 0 atom stereocenters. The van der Waals surface area contributed by atoms with E-state index in [0.29, 0.717) is 6.04 Å². The zero-order valence-electron chi connectivity index (χ0n) is 17.3. The lowest BCUT2D eigenvalue weighted by molar-refractivity contribution is 0.289. The number of pyridine rings is 1. The Morgan fingerprint density at radius 1 is 1.07 bits per heavy atom. The zero-order chi connectivity index (χ0) is 20.2. The molecule has 0 radical (unpaired) electrons. The van der Waals surface area contributed by atoms with Gasteiger partial charge < -0.3 is 4.90 Å². The van der Waals surface area contributed by atoms with Crippen molar-refractivity contribution in [1.29, 1.82) is 0 Å². The van der Waals surface area contributed by atoms with Crippen molar-refractivity contribution in [2.45, 2.75) is 52.1 Å². The number of rotatable bonds is 3. The lowest BCUT2D eigenvalue weighted by atomic mass is 9.93. The van der Waals surface area contributed by atoms with Gasteiger partial charge in [0.25, 0.3) is 0 Å². The Kier molecular flexibility index (Phi) is 3.87. The third-order valence-electron chi connectivity index (χ3n) is 6.69. The average Bonchev–Trinajstić information content (AvgIpc) is 3.38. The number of fused-ring (bicyclic) bond motifs is 2. The first-order valence-corrected chi connectivity index (χ1v) is 10.6. The second kappa shape index (κ2) is 6.62. The van der Waals surface area contributed by atoms with Crippen LogP contribution in [0.3, 0.4) is 0 Å². The van der Waals surface area contributed by atoms with E-state index in [1.807, 2.05) is 12.4 Å². The Bertz CT molecular complexity index is 1250. The maximum atomic E-state index is 4.80. The zero-order valence-corrected chi connectivity index (χ0v) is 17.3. The molecule has 1 aliphatic heterocycles. The highest BCUT2D eigenvalue weighted by molar-refractivity contribution is 5.63. The van der Waals surface area contributed by atoms with E-state index in [2.05, 4.69) is 51.0 Å². The van der Waals surface area contributed by atoms with Crippen molar-refractivity contribution < 1.29 is 0 Å². The lowest BCUT2D eigenvalue weighted by Crippen LogP contribution is -2.32. The van der Waals surface area contributed by atoms with Gasteiger partial charge in [0, 0.05) is 59.9 Å². The van der Waals surface area contributed by atoms with Crippen LogP contribution in [0.25, 0.3) is 16.8 Å². The first kappa shape index (κ1) is 17.6. The highest BCUT2D eigenvalue weighted by Crippen LogP contribution is 2.33. The molecule has 30 heavy (non-hydrogen) atoms. The van der Waals surface area contributed by atoms with Gasteiger partial charge >= 0.3 is 0 Å². The van der Waals surface area contributed by atoms with Gasteiger partial charge in [0.05, 0.1) is 12.2 Å². The summed E-state index contributed by atoms with van der Waals surface area (Å²) >= 11 is 0. The Morgan fingerprint density at radius 2 is 1.97 bits per heavy atom. The van der Waals surface area contributed by atoms with Gasteiger partial charge in [0.1, 0.15) is 6.33 Å². The molecule has 0 bridgehead atoms. The number of hydrogen-bond acceptors (Lipinski definition) is 6. The molecule has 8 nitrogen and oxygen atoms in total. The average molecular weight is 400 g/mol. The van der Waals surface area contributed by atoms with Crippen LogP contribution >= 0.6 is 0 Å². The molecule has 0 amide bonds. The molecule has 0 spiro atoms. The van der Waals surface area contributed by atoms with Crippen LogP contribution in [-0.2, 0) is 13.0 Å². The smallest absolute Gasteiger partial charge is 0.180 e. The van der Waals surface area contributed by atoms with Crippen molar-refractivity contribution >= 4 is 11.5 Å². The van der Waals surface area contributed by atoms with E-state index in [1.54, 1.807) is 10.8 Å². The number of anilines is 1. The first-order chi connectivity index (χ1) is 14.7. The predicted octanol–water partition coefficient (Wildman–Crippen LogP) is 3.29. The Morgan fingerprint density at radius 3 is 2.80 bits per heavy atom. The summed E-state index contributed by atoms with van der Waals surface area (Å²) in [6.07, 6.45) is 12.5. The molecular formula is C22H24N8. The van der Waals surface area contributed by atoms with E-state index in [-0.39, 0.29) is 0 Å². The van der Waals surface area contributed by atoms with E-state index >= 15 is 0 Å². The van der Waals surface area contributed by atoms with Crippen molar-refractivity contribution in [3.63, 3.8) is 0 Å². The van der Waals surface area contributed by atoms with Crippen molar-refractivity contribution in [2.24, 2.45) is 0 Å². The van der Waals surface area contributed by atoms with E-state index in [9.17, 15) is 0 Å². The Balaban J connectivity index is 1.32. The summed E-state index contributed by atoms with van der Waals surface area (Å²) in [6.45, 7) is 5.90. The molecule has 0 saturated heterocycles. The van der Waals surface area contributed by atoms with Crippen LogP contribution in [0.5, 0.6) is 0 Å². The summed E-state index contributed by atoms with van der Waals surface area (Å²) in [5.74, 6) is 0.994. The SMILES string of the molecule is Cc1c(N2CCc3ncc(-c4cnn(C5CCC5)c4)cc3C2)nn2cnnc2c1C. The molecule has 1 saturated carbocycles. The van der Waals surface area contributed by atoms with Crippen LogP contribution in [0.2, 0.25) is 0 Å². The summed E-state index contributed by atoms with van der Waals surface area (Å²) in [6, 6.07) is 2.85. The van der Waals surface area contributed by atoms with Crippen molar-refractivity contribution in [2.75, 3.05) is 11.4 Å². The molecule has 5 heterocycles. The highest BCUT2D eigenvalue weighted by Gasteiger charge is 2.24. The van der Waals surface area contributed by atoms with E-state index in [0.717, 1.165) is 53.2 Å². The largest absolute Gasteiger partial charge is 0.350 e. The van der Waals surface area contributed by atoms with E-state index in [4.69, 9.17) is 10.1 Å². The van der Waals surface area contributed by atoms with Crippen molar-refractivity contribution in [1.82, 2.24) is 34.6 Å². The minimum atomic E-state index is 0.574. The van der Waals surface area contributed by atoms with Crippen LogP contribution in [0.1, 0.15) is 47.7 Å². The topological polar surface area (TPSA) is 77.0 Å². The third-order valence-corrected chi connectivity index (χ3v) is 6.69. The molecular weight excluding hydrogens is 376 g/mol. The van der Waals surface area contributed by atoms with Gasteiger partial charge in [0.2, 0.25) is 0 Å². The number of aryl methyl sites for hydroxylation is 1. The summed E-state index contributed by atoms with van der Waals surface area (Å²) in [7, 11) is 0. The number of nitrogens with zero attached hydrogens (tertiary/aromatic N) is 8. The molecule has 152 valence electrons. The summed E-state index contributed by atoms with van der Waals surface area (Å²) < 4.78 is 3.89. The second-order valence-electron chi connectivity index (χ2n) is 8.47. The van der Waals surface area contributed by atoms with Crippen LogP contribution in [-0.4, -0.2) is 41.1 Å². The van der Waals surface area contributed by atoms with Gasteiger partial charge in [-0.1, -0.05) is 0 Å². The van der Waals surface area contributed by atoms with Gasteiger partial charge in [-0.3, -0.25) is 9.67 Å². The quantitative estimate of drug-likeness (QED) is 0.525. The fourth-order valence-electron chi connectivity index (χ4n) is 4.47. The normalized spacial score (nSPS) is 16.7. The molecule has 0 unspecified atom stereocenters. The third kappa shape index (κ3) is 2.70. The van der Waals surface area contributed by atoms with Crippen LogP contribution < -0.4 is 4.90 Å². The minimum Gasteiger partial charge on any atom is -0.350 e. The van der Waals surface area contributed by atoms with Crippen molar-refractivity contribution in [3.8, 4) is 11.1 Å². The van der Waals surface area contributed by atoms with Gasteiger partial charge in [-0.2, -0.15) is 9.61 Å². The molecule has 2 aliphatic rings. The highest BCUT2D eigenvalue weighted by atomic mass is 15.4. The molecule has 0 N–H and O–H groups in total. The summed E-state index contributed by atoms with van der Waals surface area (Å²) in [5.41, 5.74) is 7.82. The van der Waals surface area contributed by atoms with Crippen molar-refractivity contribution in [3.05, 3.63) is 53.4 Å². The van der Waals surface area contributed by atoms with Gasteiger partial charge in [-0.15, -0.1) is 15.3 Å². The monoisotopic (exact) mass is 400 g/mol. The Labute approximate surface area is 174 Å². The second-order valence-corrected chi connectivity index (χ2v) is 8.47. The standard InChI is InChI=1S/C22H24N8/c1-14-15(2)22(27-30-13-24-26-21(14)30)28-7-6-20-17(11-28)8-16(9-23-20)18-10-25-29(12-18)19-4-3-5-19/h8-10,12-13,19H,3-7,11H2,1-2H3.